The first-order valence-electron chi connectivity index (χ1n) is 8.31. The molecule has 0 atom stereocenters. The van der Waals surface area contributed by atoms with Crippen molar-refractivity contribution in [2.45, 2.75) is 19.9 Å². The Hall–Kier alpha value is -2.93. The summed E-state index contributed by atoms with van der Waals surface area (Å²) in [4.78, 5) is 17.4. The minimum absolute atomic E-state index is 0.0472. The van der Waals surface area contributed by atoms with Crippen molar-refractivity contribution in [3.8, 4) is 11.4 Å². The van der Waals surface area contributed by atoms with Gasteiger partial charge in [0.15, 0.2) is 11.6 Å². The number of aromatic nitrogens is 2. The standard InChI is InChI=1S/C20H17F3N2O2/c1-12-16(8-9-26)20(27)25(11-13-2-7-17(22)18(23)10-13)19(24-12)14-3-5-15(21)6-4-14/h2-7,10,26H,8-9,11H2,1H3. The molecule has 0 saturated heterocycles. The summed E-state index contributed by atoms with van der Waals surface area (Å²) in [6, 6.07) is 8.87. The summed E-state index contributed by atoms with van der Waals surface area (Å²) in [5.74, 6) is -2.14. The monoisotopic (exact) mass is 374 g/mol. The molecule has 0 spiro atoms. The fraction of sp³-hybridized carbons (Fsp3) is 0.200. The van der Waals surface area contributed by atoms with E-state index in [1.807, 2.05) is 0 Å². The molecule has 2 aromatic carbocycles. The maximum atomic E-state index is 13.6. The molecular weight excluding hydrogens is 357 g/mol. The molecule has 0 aliphatic carbocycles. The van der Waals surface area contributed by atoms with Crippen LogP contribution in [-0.4, -0.2) is 21.3 Å². The van der Waals surface area contributed by atoms with Crippen molar-refractivity contribution in [2.75, 3.05) is 6.61 Å². The lowest BCUT2D eigenvalue weighted by Crippen LogP contribution is -2.29. The van der Waals surface area contributed by atoms with E-state index in [2.05, 4.69) is 4.98 Å². The Balaban J connectivity index is 2.18. The van der Waals surface area contributed by atoms with E-state index in [0.29, 0.717) is 22.4 Å². The van der Waals surface area contributed by atoms with Gasteiger partial charge < -0.3 is 5.11 Å². The predicted molar refractivity (Wildman–Crippen MR) is 94.9 cm³/mol. The smallest absolute Gasteiger partial charge is 0.257 e. The quantitative estimate of drug-likeness (QED) is 0.746. The average molecular weight is 374 g/mol. The van der Waals surface area contributed by atoms with Gasteiger partial charge in [-0.05, 0) is 48.9 Å². The zero-order valence-corrected chi connectivity index (χ0v) is 14.5. The largest absolute Gasteiger partial charge is 0.396 e. The Morgan fingerprint density at radius 1 is 1.04 bits per heavy atom. The van der Waals surface area contributed by atoms with E-state index < -0.39 is 17.5 Å². The number of rotatable bonds is 5. The van der Waals surface area contributed by atoms with Crippen molar-refractivity contribution in [2.24, 2.45) is 0 Å². The lowest BCUT2D eigenvalue weighted by Gasteiger charge is -2.16. The summed E-state index contributed by atoms with van der Waals surface area (Å²) in [6.07, 6.45) is 0.124. The maximum absolute atomic E-state index is 13.6. The van der Waals surface area contributed by atoms with E-state index in [9.17, 15) is 23.1 Å². The van der Waals surface area contributed by atoms with Crippen molar-refractivity contribution in [3.05, 3.63) is 87.1 Å². The van der Waals surface area contributed by atoms with Crippen molar-refractivity contribution in [1.82, 2.24) is 9.55 Å². The minimum Gasteiger partial charge on any atom is -0.396 e. The van der Waals surface area contributed by atoms with Crippen LogP contribution in [0.1, 0.15) is 16.8 Å². The number of hydrogen-bond acceptors (Lipinski definition) is 3. The Morgan fingerprint density at radius 3 is 2.37 bits per heavy atom. The first kappa shape index (κ1) is 18.8. The summed E-state index contributed by atoms with van der Waals surface area (Å²) >= 11 is 0. The topological polar surface area (TPSA) is 55.1 Å². The fourth-order valence-corrected chi connectivity index (χ4v) is 2.89. The second-order valence-electron chi connectivity index (χ2n) is 6.12. The van der Waals surface area contributed by atoms with Crippen LogP contribution in [0.4, 0.5) is 13.2 Å². The van der Waals surface area contributed by atoms with Crippen LogP contribution < -0.4 is 5.56 Å². The van der Waals surface area contributed by atoms with E-state index in [-0.39, 0.29) is 31.0 Å². The van der Waals surface area contributed by atoms with Gasteiger partial charge in [-0.15, -0.1) is 0 Å². The summed E-state index contributed by atoms with van der Waals surface area (Å²) in [5.41, 5.74) is 1.29. The molecule has 0 bridgehead atoms. The van der Waals surface area contributed by atoms with Gasteiger partial charge in [-0.25, -0.2) is 18.2 Å². The molecular formula is C20H17F3N2O2. The number of aliphatic hydroxyl groups excluding tert-OH is 1. The molecule has 3 rings (SSSR count). The molecule has 0 aliphatic rings. The number of benzene rings is 2. The molecule has 0 unspecified atom stereocenters. The van der Waals surface area contributed by atoms with Gasteiger partial charge in [0.2, 0.25) is 0 Å². The van der Waals surface area contributed by atoms with E-state index in [1.54, 1.807) is 6.92 Å². The third kappa shape index (κ3) is 3.93. The van der Waals surface area contributed by atoms with Crippen LogP contribution in [0.15, 0.2) is 47.3 Å². The molecule has 0 radical (unpaired) electrons. The van der Waals surface area contributed by atoms with Gasteiger partial charge in [-0.1, -0.05) is 6.07 Å². The Morgan fingerprint density at radius 2 is 1.74 bits per heavy atom. The Kier molecular flexibility index (Phi) is 5.41. The third-order valence-electron chi connectivity index (χ3n) is 4.26. The second kappa shape index (κ2) is 7.75. The Bertz CT molecular complexity index is 1030. The first-order chi connectivity index (χ1) is 12.9. The van der Waals surface area contributed by atoms with Crippen molar-refractivity contribution in [3.63, 3.8) is 0 Å². The first-order valence-corrected chi connectivity index (χ1v) is 8.31. The average Bonchev–Trinajstić information content (AvgIpc) is 2.64. The van der Waals surface area contributed by atoms with Crippen LogP contribution in [0, 0.1) is 24.4 Å². The van der Waals surface area contributed by atoms with Crippen molar-refractivity contribution < 1.29 is 18.3 Å². The van der Waals surface area contributed by atoms with Gasteiger partial charge >= 0.3 is 0 Å². The van der Waals surface area contributed by atoms with Gasteiger partial charge in [0.1, 0.15) is 11.6 Å². The van der Waals surface area contributed by atoms with Crippen molar-refractivity contribution in [1.29, 1.82) is 0 Å². The number of aliphatic hydroxyl groups is 1. The zero-order valence-electron chi connectivity index (χ0n) is 14.5. The molecule has 0 aliphatic heterocycles. The van der Waals surface area contributed by atoms with Crippen LogP contribution in [0.25, 0.3) is 11.4 Å². The highest BCUT2D eigenvalue weighted by atomic mass is 19.2. The van der Waals surface area contributed by atoms with E-state index in [4.69, 9.17) is 0 Å². The highest BCUT2D eigenvalue weighted by Crippen LogP contribution is 2.20. The Labute approximate surface area is 153 Å². The molecule has 3 aromatic rings. The zero-order chi connectivity index (χ0) is 19.6. The molecule has 27 heavy (non-hydrogen) atoms. The van der Waals surface area contributed by atoms with Gasteiger partial charge in [0, 0.05) is 29.8 Å². The summed E-state index contributed by atoms with van der Waals surface area (Å²) in [5, 5.41) is 9.22. The molecule has 1 heterocycles. The van der Waals surface area contributed by atoms with Gasteiger partial charge in [0.25, 0.3) is 5.56 Å². The minimum atomic E-state index is -1.01. The van der Waals surface area contributed by atoms with Crippen molar-refractivity contribution >= 4 is 0 Å². The predicted octanol–water partition coefficient (Wildman–Crippen LogP) is 3.22. The molecule has 0 saturated carbocycles. The molecule has 140 valence electrons. The highest BCUT2D eigenvalue weighted by Gasteiger charge is 2.16. The van der Waals surface area contributed by atoms with Gasteiger partial charge in [0.05, 0.1) is 6.54 Å². The molecule has 4 nitrogen and oxygen atoms in total. The fourth-order valence-electron chi connectivity index (χ4n) is 2.89. The van der Waals surface area contributed by atoms with Crippen LogP contribution >= 0.6 is 0 Å². The number of nitrogens with zero attached hydrogens (tertiary/aromatic N) is 2. The summed E-state index contributed by atoms with van der Waals surface area (Å²) < 4.78 is 41.3. The van der Waals surface area contributed by atoms with Crippen LogP contribution in [0.3, 0.4) is 0 Å². The highest BCUT2D eigenvalue weighted by molar-refractivity contribution is 5.56. The number of aryl methyl sites for hydroxylation is 1. The lowest BCUT2D eigenvalue weighted by atomic mass is 10.1. The van der Waals surface area contributed by atoms with Gasteiger partial charge in [-0.3, -0.25) is 9.36 Å². The number of hydrogen-bond donors (Lipinski definition) is 1. The van der Waals surface area contributed by atoms with E-state index >= 15 is 0 Å². The van der Waals surface area contributed by atoms with Gasteiger partial charge in [-0.2, -0.15) is 0 Å². The second-order valence-corrected chi connectivity index (χ2v) is 6.12. The SMILES string of the molecule is Cc1nc(-c2ccc(F)cc2)n(Cc2ccc(F)c(F)c2)c(=O)c1CCO. The lowest BCUT2D eigenvalue weighted by molar-refractivity contribution is 0.298. The summed E-state index contributed by atoms with van der Waals surface area (Å²) in [6.45, 7) is 1.38. The molecule has 0 fully saturated rings. The van der Waals surface area contributed by atoms with E-state index in [0.717, 1.165) is 12.1 Å². The van der Waals surface area contributed by atoms with Crippen LogP contribution in [0.5, 0.6) is 0 Å². The van der Waals surface area contributed by atoms with Crippen LogP contribution in [-0.2, 0) is 13.0 Å². The third-order valence-corrected chi connectivity index (χ3v) is 4.26. The maximum Gasteiger partial charge on any atom is 0.257 e. The molecule has 1 aromatic heterocycles. The normalized spacial score (nSPS) is 11.0. The molecule has 7 heteroatoms. The summed E-state index contributed by atoms with van der Waals surface area (Å²) in [7, 11) is 0. The molecule has 1 N–H and O–H groups in total. The van der Waals surface area contributed by atoms with E-state index in [1.165, 1.54) is 34.9 Å². The molecule has 0 amide bonds. The van der Waals surface area contributed by atoms with Crippen LogP contribution in [0.2, 0.25) is 0 Å². The number of halogens is 3.